The van der Waals surface area contributed by atoms with Gasteiger partial charge in [0.05, 0.1) is 43.5 Å². The summed E-state index contributed by atoms with van der Waals surface area (Å²) in [5.41, 5.74) is -4.21. The Morgan fingerprint density at radius 3 is 1.01 bits per heavy atom. The minimum atomic E-state index is -2.81. The Labute approximate surface area is 506 Å². The van der Waals surface area contributed by atoms with Crippen LogP contribution in [0.25, 0.3) is 40.4 Å². The minimum absolute atomic E-state index is 0.0417. The van der Waals surface area contributed by atoms with E-state index in [-0.39, 0.29) is 91.4 Å². The molecule has 86 heavy (non-hydrogen) atoms. The van der Waals surface area contributed by atoms with Crippen molar-refractivity contribution in [3.05, 3.63) is 191 Å². The Morgan fingerprint density at radius 2 is 0.733 bits per heavy atom. The van der Waals surface area contributed by atoms with Crippen LogP contribution >= 0.6 is 45.3 Å². The minimum Gasteiger partial charge on any atom is -0.495 e. The molecule has 0 radical (unpaired) electrons. The number of esters is 4. The lowest BCUT2D eigenvalue weighted by molar-refractivity contribution is -0.185. The monoisotopic (exact) mass is 1210 g/mol. The number of fused-ring (bicyclic) bond motifs is 6. The van der Waals surface area contributed by atoms with E-state index in [1.807, 2.05) is 0 Å². The summed E-state index contributed by atoms with van der Waals surface area (Å²) in [5.74, 6) is -4.26. The van der Waals surface area contributed by atoms with Crippen LogP contribution in [-0.2, 0) is 75.8 Å². The largest absolute Gasteiger partial charge is 0.495 e. The number of hydrogen-bond acceptors (Lipinski definition) is 22. The Kier molecular flexibility index (Phi) is 16.4. The second kappa shape index (κ2) is 24.6. The van der Waals surface area contributed by atoms with E-state index in [0.29, 0.717) is 41.8 Å². The first-order valence-electron chi connectivity index (χ1n) is 25.8. The van der Waals surface area contributed by atoms with Crippen molar-refractivity contribution in [1.29, 1.82) is 21.0 Å². The second-order valence-electron chi connectivity index (χ2n) is 18.7. The molecule has 0 saturated heterocycles. The van der Waals surface area contributed by atoms with Crippen LogP contribution in [0.2, 0.25) is 0 Å². The molecule has 18 nitrogen and oxygen atoms in total. The number of hydrogen-bond donors (Lipinski definition) is 0. The van der Waals surface area contributed by atoms with E-state index < -0.39 is 46.5 Å². The highest BCUT2D eigenvalue weighted by molar-refractivity contribution is 7.26. The Morgan fingerprint density at radius 1 is 0.430 bits per heavy atom. The summed E-state index contributed by atoms with van der Waals surface area (Å²) in [7, 11) is 2.85. The zero-order chi connectivity index (χ0) is 60.0. The van der Waals surface area contributed by atoms with E-state index in [1.54, 1.807) is 170 Å². The molecule has 4 aromatic heterocycles. The number of carbonyl (C=O) groups is 4. The lowest BCUT2D eigenvalue weighted by Crippen LogP contribution is -2.54. The molecule has 0 bridgehead atoms. The molecule has 11 rings (SSSR count). The summed E-state index contributed by atoms with van der Waals surface area (Å²) in [4.78, 5) is 73.5. The predicted octanol–water partition coefficient (Wildman–Crippen LogP) is 13.0. The van der Waals surface area contributed by atoms with Gasteiger partial charge in [0.15, 0.2) is 0 Å². The number of benzene rings is 5. The van der Waals surface area contributed by atoms with Crippen molar-refractivity contribution in [2.45, 2.75) is 37.6 Å². The van der Waals surface area contributed by atoms with Crippen LogP contribution in [0.4, 0.5) is 10.0 Å². The van der Waals surface area contributed by atoms with Crippen LogP contribution in [0.15, 0.2) is 168 Å². The number of carbonyl (C=O) groups excluding carboxylic acids is 4. The van der Waals surface area contributed by atoms with Crippen molar-refractivity contribution in [2.24, 2.45) is 9.98 Å². The van der Waals surface area contributed by atoms with Crippen molar-refractivity contribution >= 4 is 90.6 Å². The van der Waals surface area contributed by atoms with E-state index in [4.69, 9.17) is 37.9 Å². The van der Waals surface area contributed by atoms with Gasteiger partial charge in [-0.15, -0.1) is 45.3 Å². The molecule has 0 atom stereocenters. The molecule has 0 aliphatic carbocycles. The smallest absolute Gasteiger partial charge is 0.367 e. The molecule has 0 fully saturated rings. The highest BCUT2D eigenvalue weighted by atomic mass is 32.1. The van der Waals surface area contributed by atoms with Crippen molar-refractivity contribution < 1.29 is 57.1 Å². The van der Waals surface area contributed by atoms with Crippen molar-refractivity contribution in [3.8, 4) is 87.7 Å². The lowest BCUT2D eigenvalue weighted by atomic mass is 9.78. The van der Waals surface area contributed by atoms with Crippen LogP contribution in [0.3, 0.4) is 0 Å². The van der Waals surface area contributed by atoms with Crippen molar-refractivity contribution in [3.63, 3.8) is 0 Å². The molecular weight excluding hydrogens is 1170 g/mol. The highest BCUT2D eigenvalue weighted by Gasteiger charge is 2.62. The zero-order valence-electron chi connectivity index (χ0n) is 45.1. The molecule has 422 valence electrons. The van der Waals surface area contributed by atoms with Gasteiger partial charge in [0, 0.05) is 46.5 Å². The fraction of sp³-hybridized carbons (Fsp3) is 0.125. The van der Waals surface area contributed by atoms with Crippen LogP contribution < -0.4 is 18.9 Å². The molecule has 22 heteroatoms. The van der Waals surface area contributed by atoms with E-state index in [0.717, 1.165) is 45.3 Å². The highest BCUT2D eigenvalue weighted by Crippen LogP contribution is 2.61. The topological polar surface area (TPSA) is 262 Å². The van der Waals surface area contributed by atoms with Gasteiger partial charge >= 0.3 is 35.1 Å². The van der Waals surface area contributed by atoms with E-state index in [9.17, 15) is 21.0 Å². The summed E-state index contributed by atoms with van der Waals surface area (Å²) in [5, 5.41) is 38.9. The van der Waals surface area contributed by atoms with Gasteiger partial charge in [-0.1, -0.05) is 121 Å². The summed E-state index contributed by atoms with van der Waals surface area (Å²) in [6.45, 7) is -1.29. The number of methoxy groups -OCH3 is 2. The maximum Gasteiger partial charge on any atom is 0.367 e. The van der Waals surface area contributed by atoms with Crippen LogP contribution in [0, 0.1) is 45.3 Å². The van der Waals surface area contributed by atoms with Gasteiger partial charge in [-0.3, -0.25) is 0 Å². The Bertz CT molecular complexity index is 3950. The van der Waals surface area contributed by atoms with E-state index in [2.05, 4.69) is 9.98 Å². The van der Waals surface area contributed by atoms with Crippen LogP contribution in [0.1, 0.15) is 33.4 Å². The van der Waals surface area contributed by atoms with Gasteiger partial charge in [0.2, 0.25) is 11.4 Å². The zero-order valence-corrected chi connectivity index (χ0v) is 48.3. The van der Waals surface area contributed by atoms with Gasteiger partial charge in [0.25, 0.3) is 0 Å². The molecule has 2 aliphatic heterocycles. The van der Waals surface area contributed by atoms with Gasteiger partial charge in [0.1, 0.15) is 83.7 Å². The quantitative estimate of drug-likeness (QED) is 0.0334. The van der Waals surface area contributed by atoms with Crippen molar-refractivity contribution in [2.75, 3.05) is 14.2 Å². The molecule has 0 spiro atoms. The number of thiophene rings is 4. The maximum atomic E-state index is 15.7. The maximum absolute atomic E-state index is 15.7. The average Bonchev–Trinajstić information content (AvgIpc) is 1.27. The molecule has 0 amide bonds. The van der Waals surface area contributed by atoms with Crippen LogP contribution in [0.5, 0.6) is 23.0 Å². The number of aliphatic imine (C=N–C) groups is 2. The van der Waals surface area contributed by atoms with Gasteiger partial charge in [-0.25, -0.2) is 29.2 Å². The number of ether oxygens (including phenoxy) is 8. The molecule has 9 aromatic rings. The third-order valence-corrected chi connectivity index (χ3v) is 18.1. The molecule has 0 saturated carbocycles. The first-order chi connectivity index (χ1) is 41.9. The SMILES string of the molecule is COc1cc(N=C(C#N)C#N)sc1-c1cc2c(s1)-c1cc3c(cc1C(C(=O)OCc1ccccc1)(C(=O)OCc1ccccc1)O2)-c1sc(-c2sc(N=C(C#N)C#N)cc2OC)cc1OC3(C(=O)OCc1ccccc1)C(=O)OCc1ccccc1. The van der Waals surface area contributed by atoms with Crippen LogP contribution in [-0.4, -0.2) is 49.5 Å². The Hall–Kier alpha value is -10.7. The van der Waals surface area contributed by atoms with Gasteiger partial charge < -0.3 is 37.9 Å². The van der Waals surface area contributed by atoms with Gasteiger partial charge in [-0.2, -0.15) is 21.0 Å². The standard InChI is InChI=1S/C64H40N6O12S4/c1-75-47-27-53(69-41(29-65)30-66)85-57(47)51-25-49-55(83-51)43-23-46-44(24-45(43)63(81-49,59(71)77-33-37-15-7-3-8-16-37)60(72)78-34-38-17-9-4-10-18-38)56-50(26-52(84-56)58-48(76-2)28-54(86-58)70-42(31-67)32-68)82-64(46,61(73)79-35-39-19-11-5-12-20-39)62(74)80-36-40-21-13-6-14-22-40/h3-28H,33-36H2,1-2H3. The first-order valence-corrected chi connectivity index (χ1v) is 29.0. The number of rotatable bonds is 18. The summed E-state index contributed by atoms with van der Waals surface area (Å²) >= 11 is 4.40. The molecule has 6 heterocycles. The molecule has 5 aromatic carbocycles. The van der Waals surface area contributed by atoms with E-state index in [1.165, 1.54) is 26.4 Å². The summed E-state index contributed by atoms with van der Waals surface area (Å²) in [6, 6.07) is 51.4. The summed E-state index contributed by atoms with van der Waals surface area (Å²) < 4.78 is 50.0. The second-order valence-corrected chi connectivity index (χ2v) is 22.9. The number of nitrogens with zero attached hydrogens (tertiary/aromatic N) is 6. The fourth-order valence-corrected chi connectivity index (χ4v) is 13.9. The van der Waals surface area contributed by atoms with E-state index >= 15 is 19.2 Å². The Balaban J connectivity index is 1.20. The molecule has 0 N–H and O–H groups in total. The summed E-state index contributed by atoms with van der Waals surface area (Å²) in [6.07, 6.45) is 0. The molecular formula is C64H40N6O12S4. The third kappa shape index (κ3) is 10.9. The van der Waals surface area contributed by atoms with Gasteiger partial charge in [-0.05, 0) is 34.4 Å². The average molecular weight is 1210 g/mol. The molecule has 0 unspecified atom stereocenters. The predicted molar refractivity (Wildman–Crippen MR) is 319 cm³/mol. The molecule has 2 aliphatic rings. The fourth-order valence-electron chi connectivity index (χ4n) is 9.42. The lowest BCUT2D eigenvalue weighted by Gasteiger charge is -2.39. The normalized spacial score (nSPS) is 12.5. The first kappa shape index (κ1) is 57.1. The number of nitriles is 4. The third-order valence-electron chi connectivity index (χ3n) is 13.5. The van der Waals surface area contributed by atoms with Crippen molar-refractivity contribution in [1.82, 2.24) is 0 Å².